The van der Waals surface area contributed by atoms with Gasteiger partial charge in [-0.05, 0) is 6.92 Å². The number of aliphatic carboxylic acids is 1. The van der Waals surface area contributed by atoms with Crippen molar-refractivity contribution in [2.24, 2.45) is 5.73 Å². The first-order valence-corrected chi connectivity index (χ1v) is 5.92. The van der Waals surface area contributed by atoms with E-state index in [0.717, 1.165) is 10.6 Å². The average molecular weight is 248 g/mol. The SMILES string of the molecule is Cc1nc(-c2ccccc2)sc1C(N)C(=O)O. The molecule has 3 N–H and O–H groups in total. The predicted octanol–water partition coefficient (Wildman–Crippen LogP) is 2.20. The van der Waals surface area contributed by atoms with Crippen LogP contribution in [0, 0.1) is 6.92 Å². The fraction of sp³-hybridized carbons (Fsp3) is 0.167. The molecule has 17 heavy (non-hydrogen) atoms. The fourth-order valence-corrected chi connectivity index (χ4v) is 2.58. The Kier molecular flexibility index (Phi) is 3.21. The van der Waals surface area contributed by atoms with Gasteiger partial charge in [-0.3, -0.25) is 4.79 Å². The molecule has 1 heterocycles. The molecule has 1 atom stereocenters. The van der Waals surface area contributed by atoms with Crippen molar-refractivity contribution < 1.29 is 9.90 Å². The molecule has 0 amide bonds. The van der Waals surface area contributed by atoms with Gasteiger partial charge in [0.05, 0.1) is 10.6 Å². The monoisotopic (exact) mass is 248 g/mol. The summed E-state index contributed by atoms with van der Waals surface area (Å²) in [5, 5.41) is 9.69. The maximum absolute atomic E-state index is 10.9. The zero-order chi connectivity index (χ0) is 12.4. The van der Waals surface area contributed by atoms with Crippen LogP contribution in [0.15, 0.2) is 30.3 Å². The number of rotatable bonds is 3. The Labute approximate surface area is 103 Å². The lowest BCUT2D eigenvalue weighted by Gasteiger charge is -2.02. The van der Waals surface area contributed by atoms with Crippen LogP contribution in [0.25, 0.3) is 10.6 Å². The molecule has 4 nitrogen and oxygen atoms in total. The first-order chi connectivity index (χ1) is 8.09. The number of benzene rings is 1. The van der Waals surface area contributed by atoms with Gasteiger partial charge in [-0.15, -0.1) is 11.3 Å². The molecular formula is C12H12N2O2S. The summed E-state index contributed by atoms with van der Waals surface area (Å²) in [7, 11) is 0. The third-order valence-corrected chi connectivity index (χ3v) is 3.69. The second kappa shape index (κ2) is 4.65. The lowest BCUT2D eigenvalue weighted by Crippen LogP contribution is -2.20. The summed E-state index contributed by atoms with van der Waals surface area (Å²) >= 11 is 1.33. The molecule has 0 aliphatic heterocycles. The van der Waals surface area contributed by atoms with Gasteiger partial charge in [0.15, 0.2) is 0 Å². The van der Waals surface area contributed by atoms with Gasteiger partial charge < -0.3 is 10.8 Å². The van der Waals surface area contributed by atoms with E-state index in [1.54, 1.807) is 6.92 Å². The van der Waals surface area contributed by atoms with Crippen molar-refractivity contribution in [3.8, 4) is 10.6 Å². The summed E-state index contributed by atoms with van der Waals surface area (Å²) < 4.78 is 0. The van der Waals surface area contributed by atoms with Gasteiger partial charge in [-0.2, -0.15) is 0 Å². The maximum Gasteiger partial charge on any atom is 0.326 e. The summed E-state index contributed by atoms with van der Waals surface area (Å²) in [4.78, 5) is 15.8. The van der Waals surface area contributed by atoms with Crippen LogP contribution in [0.4, 0.5) is 0 Å². The molecule has 0 spiro atoms. The third kappa shape index (κ3) is 2.35. The minimum Gasteiger partial charge on any atom is -0.480 e. The second-order valence-corrected chi connectivity index (χ2v) is 4.68. The van der Waals surface area contributed by atoms with E-state index < -0.39 is 12.0 Å². The van der Waals surface area contributed by atoms with Crippen molar-refractivity contribution in [3.63, 3.8) is 0 Å². The van der Waals surface area contributed by atoms with Gasteiger partial charge in [-0.25, -0.2) is 4.98 Å². The van der Waals surface area contributed by atoms with Gasteiger partial charge in [0, 0.05) is 5.56 Å². The van der Waals surface area contributed by atoms with E-state index >= 15 is 0 Å². The summed E-state index contributed by atoms with van der Waals surface area (Å²) in [6.45, 7) is 1.78. The normalized spacial score (nSPS) is 12.4. The molecule has 5 heteroatoms. The number of nitrogens with zero attached hydrogens (tertiary/aromatic N) is 1. The van der Waals surface area contributed by atoms with Gasteiger partial charge in [0.2, 0.25) is 0 Å². The Morgan fingerprint density at radius 2 is 2.06 bits per heavy atom. The van der Waals surface area contributed by atoms with Crippen molar-refractivity contribution in [1.29, 1.82) is 0 Å². The molecule has 1 aromatic heterocycles. The number of hydrogen-bond acceptors (Lipinski definition) is 4. The van der Waals surface area contributed by atoms with Gasteiger partial charge in [0.1, 0.15) is 11.0 Å². The van der Waals surface area contributed by atoms with Crippen molar-refractivity contribution in [2.75, 3.05) is 0 Å². The molecule has 0 saturated heterocycles. The number of hydrogen-bond donors (Lipinski definition) is 2. The van der Waals surface area contributed by atoms with Crippen LogP contribution in [-0.2, 0) is 4.79 Å². The summed E-state index contributed by atoms with van der Waals surface area (Å²) in [6.07, 6.45) is 0. The third-order valence-electron chi connectivity index (χ3n) is 2.40. The van der Waals surface area contributed by atoms with E-state index in [4.69, 9.17) is 10.8 Å². The molecular weight excluding hydrogens is 236 g/mol. The molecule has 2 aromatic rings. The molecule has 1 aromatic carbocycles. The Morgan fingerprint density at radius 1 is 1.41 bits per heavy atom. The van der Waals surface area contributed by atoms with E-state index in [9.17, 15) is 4.79 Å². The van der Waals surface area contributed by atoms with E-state index in [1.807, 2.05) is 30.3 Å². The molecule has 2 rings (SSSR count). The predicted molar refractivity (Wildman–Crippen MR) is 66.9 cm³/mol. The molecule has 0 bridgehead atoms. The Bertz CT molecular complexity index is 537. The van der Waals surface area contributed by atoms with Crippen molar-refractivity contribution in [1.82, 2.24) is 4.98 Å². The number of carboxylic acid groups (broad SMARTS) is 1. The van der Waals surface area contributed by atoms with Crippen LogP contribution >= 0.6 is 11.3 Å². The summed E-state index contributed by atoms with van der Waals surface area (Å²) in [6, 6.07) is 8.65. The average Bonchev–Trinajstić information content (AvgIpc) is 2.71. The lowest BCUT2D eigenvalue weighted by molar-refractivity contribution is -0.138. The maximum atomic E-state index is 10.9. The highest BCUT2D eigenvalue weighted by Gasteiger charge is 2.21. The Balaban J connectivity index is 2.41. The molecule has 88 valence electrons. The summed E-state index contributed by atoms with van der Waals surface area (Å²) in [5.41, 5.74) is 7.26. The van der Waals surface area contributed by atoms with Gasteiger partial charge >= 0.3 is 5.97 Å². The van der Waals surface area contributed by atoms with E-state index in [-0.39, 0.29) is 0 Å². The number of carboxylic acids is 1. The standard InChI is InChI=1S/C12H12N2O2S/c1-7-10(9(13)12(15)16)17-11(14-7)8-5-3-2-4-6-8/h2-6,9H,13H2,1H3,(H,15,16). The van der Waals surface area contributed by atoms with E-state index in [0.29, 0.717) is 10.6 Å². The quantitative estimate of drug-likeness (QED) is 0.873. The number of carbonyl (C=O) groups is 1. The zero-order valence-corrected chi connectivity index (χ0v) is 10.1. The molecule has 0 aliphatic carbocycles. The highest BCUT2D eigenvalue weighted by atomic mass is 32.1. The van der Waals surface area contributed by atoms with Crippen molar-refractivity contribution >= 4 is 17.3 Å². The topological polar surface area (TPSA) is 76.2 Å². The van der Waals surface area contributed by atoms with Crippen LogP contribution in [0.3, 0.4) is 0 Å². The number of thiazole rings is 1. The lowest BCUT2D eigenvalue weighted by atomic mass is 10.2. The van der Waals surface area contributed by atoms with Crippen LogP contribution in [0.5, 0.6) is 0 Å². The number of aryl methyl sites for hydroxylation is 1. The van der Waals surface area contributed by atoms with E-state index in [1.165, 1.54) is 11.3 Å². The van der Waals surface area contributed by atoms with Crippen molar-refractivity contribution in [2.45, 2.75) is 13.0 Å². The minimum atomic E-state index is -1.03. The molecule has 1 unspecified atom stereocenters. The first-order valence-electron chi connectivity index (χ1n) is 5.10. The molecule has 0 aliphatic rings. The van der Waals surface area contributed by atoms with Gasteiger partial charge in [-0.1, -0.05) is 30.3 Å². The fourth-order valence-electron chi connectivity index (χ4n) is 1.51. The van der Waals surface area contributed by atoms with Gasteiger partial charge in [0.25, 0.3) is 0 Å². The molecule has 0 saturated carbocycles. The first kappa shape index (κ1) is 11.8. The Hall–Kier alpha value is -1.72. The summed E-state index contributed by atoms with van der Waals surface area (Å²) in [5.74, 6) is -1.03. The highest BCUT2D eigenvalue weighted by Crippen LogP contribution is 2.30. The van der Waals surface area contributed by atoms with Crippen molar-refractivity contribution in [3.05, 3.63) is 40.9 Å². The minimum absolute atomic E-state index is 0.608. The largest absolute Gasteiger partial charge is 0.480 e. The van der Waals surface area contributed by atoms with Crippen LogP contribution in [-0.4, -0.2) is 16.1 Å². The smallest absolute Gasteiger partial charge is 0.326 e. The zero-order valence-electron chi connectivity index (χ0n) is 9.25. The number of nitrogens with two attached hydrogens (primary N) is 1. The van der Waals surface area contributed by atoms with E-state index in [2.05, 4.69) is 4.98 Å². The number of aromatic nitrogens is 1. The Morgan fingerprint density at radius 3 is 2.65 bits per heavy atom. The van der Waals surface area contributed by atoms with Crippen LogP contribution in [0.2, 0.25) is 0 Å². The molecule has 0 fully saturated rings. The molecule has 0 radical (unpaired) electrons. The second-order valence-electron chi connectivity index (χ2n) is 3.65. The van der Waals surface area contributed by atoms with Crippen LogP contribution in [0.1, 0.15) is 16.6 Å². The van der Waals surface area contributed by atoms with Crippen LogP contribution < -0.4 is 5.73 Å². The highest BCUT2D eigenvalue weighted by molar-refractivity contribution is 7.15.